The van der Waals surface area contributed by atoms with E-state index in [1.54, 1.807) is 0 Å². The maximum Gasteiger partial charge on any atom is 0.228 e. The number of ether oxygens (including phenoxy) is 1. The van der Waals surface area contributed by atoms with Crippen LogP contribution < -0.4 is 9.30 Å². The molecule has 0 aliphatic carbocycles. The van der Waals surface area contributed by atoms with E-state index < -0.39 is 0 Å². The molecule has 0 saturated carbocycles. The van der Waals surface area contributed by atoms with Gasteiger partial charge in [-0.2, -0.15) is 0 Å². The maximum atomic E-state index is 6.88. The minimum Gasteiger partial charge on any atom is -0.455 e. The first kappa shape index (κ1) is 21.0. The highest BCUT2D eigenvalue weighted by atomic mass is 16.5. The first-order valence-corrected chi connectivity index (χ1v) is 11.8. The summed E-state index contributed by atoms with van der Waals surface area (Å²) < 4.78 is 9.16. The van der Waals surface area contributed by atoms with Crippen LogP contribution in [0.25, 0.3) is 32.8 Å². The lowest BCUT2D eigenvalue weighted by atomic mass is 9.83. The number of aromatic nitrogens is 1. The Morgan fingerprint density at radius 1 is 1.00 bits per heavy atom. The largest absolute Gasteiger partial charge is 0.455 e. The third-order valence-electron chi connectivity index (χ3n) is 6.81. The monoisotopic (exact) mass is 424 g/mol. The lowest BCUT2D eigenvalue weighted by molar-refractivity contribution is -0.659. The molecule has 2 nitrogen and oxygen atoms in total. The van der Waals surface area contributed by atoms with Crippen LogP contribution in [0.2, 0.25) is 0 Å². The molecule has 3 aromatic carbocycles. The number of rotatable bonds is 2. The van der Waals surface area contributed by atoms with Crippen LogP contribution in [0.15, 0.2) is 42.6 Å². The Morgan fingerprint density at radius 2 is 1.75 bits per heavy atom. The molecule has 164 valence electrons. The molecule has 0 unspecified atom stereocenters. The number of hydrogen-bond donors (Lipinski definition) is 0. The van der Waals surface area contributed by atoms with E-state index in [-0.39, 0.29) is 5.41 Å². The van der Waals surface area contributed by atoms with Crippen LogP contribution in [0, 0.1) is 19.3 Å². The van der Waals surface area contributed by atoms with Gasteiger partial charge in [-0.1, -0.05) is 58.9 Å². The van der Waals surface area contributed by atoms with E-state index in [0.29, 0.717) is 5.92 Å². The van der Waals surface area contributed by atoms with Crippen molar-refractivity contribution in [2.24, 2.45) is 12.5 Å². The number of fused-ring (bicyclic) bond motifs is 3. The zero-order valence-corrected chi connectivity index (χ0v) is 20.7. The lowest BCUT2D eigenvalue weighted by Gasteiger charge is -2.28. The maximum absolute atomic E-state index is 6.88. The molecule has 0 fully saturated rings. The Kier molecular flexibility index (Phi) is 4.64. The molecule has 0 radical (unpaired) electrons. The van der Waals surface area contributed by atoms with E-state index in [4.69, 9.17) is 4.74 Å². The standard InChI is InChI=1S/C30H34NO/c1-17(2)24-25-18(3)10-9-11-22(25)19(4)26-28-27-21(12-13-31(28)8)14-20(16-30(5,6)7)15-23(27)32-29(24)26/h9-15,17H,16H2,1-8H3/q+1. The van der Waals surface area contributed by atoms with Gasteiger partial charge in [-0.05, 0) is 70.5 Å². The van der Waals surface area contributed by atoms with Gasteiger partial charge >= 0.3 is 0 Å². The van der Waals surface area contributed by atoms with Crippen LogP contribution in [0.5, 0.6) is 11.5 Å². The Bertz CT molecular complexity index is 1400. The molecule has 32 heavy (non-hydrogen) atoms. The summed E-state index contributed by atoms with van der Waals surface area (Å²) in [5, 5.41) is 5.17. The summed E-state index contributed by atoms with van der Waals surface area (Å²) in [6.07, 6.45) is 3.22. The Morgan fingerprint density at radius 3 is 2.44 bits per heavy atom. The molecule has 2 heterocycles. The summed E-state index contributed by atoms with van der Waals surface area (Å²) in [6.45, 7) is 15.9. The van der Waals surface area contributed by atoms with Crippen LogP contribution in [0.4, 0.5) is 0 Å². The summed E-state index contributed by atoms with van der Waals surface area (Å²) in [4.78, 5) is 0. The number of benzene rings is 3. The number of nitrogens with zero attached hydrogens (tertiary/aromatic N) is 1. The fraction of sp³-hybridized carbons (Fsp3) is 0.367. The first-order chi connectivity index (χ1) is 15.1. The molecule has 0 atom stereocenters. The summed E-state index contributed by atoms with van der Waals surface area (Å²) in [5.41, 5.74) is 8.01. The molecule has 0 saturated heterocycles. The molecule has 0 amide bonds. The number of hydrogen-bond acceptors (Lipinski definition) is 1. The van der Waals surface area contributed by atoms with Gasteiger partial charge in [0.05, 0.1) is 10.9 Å². The van der Waals surface area contributed by atoms with Crippen molar-refractivity contribution in [3.05, 3.63) is 64.8 Å². The molecule has 4 aromatic rings. The highest BCUT2D eigenvalue weighted by Crippen LogP contribution is 2.52. The number of pyridine rings is 1. The van der Waals surface area contributed by atoms with Gasteiger partial charge in [0, 0.05) is 11.6 Å². The first-order valence-electron chi connectivity index (χ1n) is 11.8. The second kappa shape index (κ2) is 7.07. The van der Waals surface area contributed by atoms with Crippen molar-refractivity contribution < 1.29 is 9.30 Å². The van der Waals surface area contributed by atoms with E-state index in [0.717, 1.165) is 17.9 Å². The fourth-order valence-corrected chi connectivity index (χ4v) is 5.56. The van der Waals surface area contributed by atoms with E-state index in [1.807, 2.05) is 0 Å². The van der Waals surface area contributed by atoms with E-state index in [1.165, 1.54) is 55.1 Å². The predicted octanol–water partition coefficient (Wildman–Crippen LogP) is 7.92. The number of aryl methyl sites for hydroxylation is 3. The van der Waals surface area contributed by atoms with Crippen molar-refractivity contribution in [2.75, 3.05) is 0 Å². The highest BCUT2D eigenvalue weighted by molar-refractivity contribution is 6.07. The summed E-state index contributed by atoms with van der Waals surface area (Å²) in [6, 6.07) is 13.5. The van der Waals surface area contributed by atoms with Crippen molar-refractivity contribution >= 4 is 21.5 Å². The van der Waals surface area contributed by atoms with Crippen LogP contribution in [-0.4, -0.2) is 0 Å². The molecule has 1 aliphatic rings. The normalized spacial score (nSPS) is 13.0. The van der Waals surface area contributed by atoms with Crippen molar-refractivity contribution in [1.82, 2.24) is 0 Å². The summed E-state index contributed by atoms with van der Waals surface area (Å²) in [7, 11) is 2.16. The average molecular weight is 425 g/mol. The van der Waals surface area contributed by atoms with E-state index in [2.05, 4.69) is 103 Å². The molecule has 1 aromatic heterocycles. The van der Waals surface area contributed by atoms with Crippen molar-refractivity contribution in [2.45, 2.75) is 60.8 Å². The molecule has 0 bridgehead atoms. The third-order valence-corrected chi connectivity index (χ3v) is 6.81. The van der Waals surface area contributed by atoms with Crippen molar-refractivity contribution in [3.63, 3.8) is 0 Å². The van der Waals surface area contributed by atoms with Gasteiger partial charge in [0.1, 0.15) is 18.5 Å². The zero-order valence-electron chi connectivity index (χ0n) is 20.7. The van der Waals surface area contributed by atoms with Gasteiger partial charge < -0.3 is 4.74 Å². The van der Waals surface area contributed by atoms with Crippen LogP contribution in [0.1, 0.15) is 62.8 Å². The Balaban J connectivity index is 1.93. The van der Waals surface area contributed by atoms with Gasteiger partial charge in [-0.15, -0.1) is 0 Å². The van der Waals surface area contributed by atoms with Crippen LogP contribution in [0.3, 0.4) is 0 Å². The SMILES string of the molecule is Cc1c2c(c(C(C)C)c3c(C)cccc13)Oc1cc(CC(C)(C)C)cc3cc[n+](C)c-2c13. The minimum absolute atomic E-state index is 0.224. The van der Waals surface area contributed by atoms with E-state index in [9.17, 15) is 0 Å². The quantitative estimate of drug-likeness (QED) is 0.262. The second-order valence-electron chi connectivity index (χ2n) is 11.1. The van der Waals surface area contributed by atoms with Gasteiger partial charge in [-0.25, -0.2) is 4.57 Å². The lowest BCUT2D eigenvalue weighted by Crippen LogP contribution is -2.32. The summed E-state index contributed by atoms with van der Waals surface area (Å²) >= 11 is 0. The Hall–Kier alpha value is -2.87. The fourth-order valence-electron chi connectivity index (χ4n) is 5.56. The molecular weight excluding hydrogens is 390 g/mol. The average Bonchev–Trinajstić information content (AvgIpc) is 2.69. The van der Waals surface area contributed by atoms with E-state index >= 15 is 0 Å². The topological polar surface area (TPSA) is 13.1 Å². The second-order valence-corrected chi connectivity index (χ2v) is 11.1. The zero-order chi connectivity index (χ0) is 22.9. The van der Waals surface area contributed by atoms with Crippen molar-refractivity contribution in [3.8, 4) is 22.8 Å². The molecule has 0 spiro atoms. The van der Waals surface area contributed by atoms with Gasteiger partial charge in [0.15, 0.2) is 6.20 Å². The van der Waals surface area contributed by atoms with Crippen molar-refractivity contribution in [1.29, 1.82) is 0 Å². The molecule has 2 heteroatoms. The predicted molar refractivity (Wildman–Crippen MR) is 135 cm³/mol. The third kappa shape index (κ3) is 3.11. The highest BCUT2D eigenvalue weighted by Gasteiger charge is 2.34. The minimum atomic E-state index is 0.224. The molecule has 0 N–H and O–H groups in total. The molecule has 5 rings (SSSR count). The van der Waals surface area contributed by atoms with Crippen LogP contribution in [-0.2, 0) is 13.5 Å². The molecule has 1 aliphatic heterocycles. The Labute approximate surface area is 191 Å². The summed E-state index contributed by atoms with van der Waals surface area (Å²) in [5.74, 6) is 2.40. The molecular formula is C30H34NO+. The van der Waals surface area contributed by atoms with Crippen LogP contribution >= 0.6 is 0 Å². The van der Waals surface area contributed by atoms with Gasteiger partial charge in [-0.3, -0.25) is 0 Å². The van der Waals surface area contributed by atoms with Gasteiger partial charge in [0.2, 0.25) is 5.69 Å². The van der Waals surface area contributed by atoms with Gasteiger partial charge in [0.25, 0.3) is 0 Å². The smallest absolute Gasteiger partial charge is 0.228 e.